The van der Waals surface area contributed by atoms with Gasteiger partial charge in [-0.2, -0.15) is 0 Å². The number of aromatic nitrogens is 1. The number of hydrogen-bond acceptors (Lipinski definition) is 3. The highest BCUT2D eigenvalue weighted by Gasteiger charge is 2.53. The number of nitrogens with one attached hydrogen (secondary N) is 1. The van der Waals surface area contributed by atoms with Crippen molar-refractivity contribution in [1.82, 2.24) is 4.98 Å². The van der Waals surface area contributed by atoms with Gasteiger partial charge in [0.15, 0.2) is 5.60 Å². The molecule has 1 aliphatic heterocycles. The van der Waals surface area contributed by atoms with Crippen molar-refractivity contribution in [3.05, 3.63) is 94.1 Å². The number of aliphatic hydroxyl groups is 1. The van der Waals surface area contributed by atoms with Gasteiger partial charge >= 0.3 is 0 Å². The normalized spacial score (nSPS) is 17.8. The van der Waals surface area contributed by atoms with Crippen molar-refractivity contribution in [2.75, 3.05) is 18.1 Å². The molecule has 0 aliphatic carbocycles. The summed E-state index contributed by atoms with van der Waals surface area (Å²) in [5, 5.41) is 13.3. The Kier molecular flexibility index (Phi) is 4.96. The number of H-pyrrole nitrogens is 1. The van der Waals surface area contributed by atoms with Crippen LogP contribution < -0.4 is 9.64 Å². The van der Waals surface area contributed by atoms with Crippen molar-refractivity contribution < 1.29 is 14.6 Å². The summed E-state index contributed by atoms with van der Waals surface area (Å²) in [5.74, 6) is 0.330. The van der Waals surface area contributed by atoms with Gasteiger partial charge in [0.25, 0.3) is 5.91 Å². The molecule has 0 bridgehead atoms. The molecule has 1 atom stereocenters. The molecule has 1 aromatic heterocycles. The minimum absolute atomic E-state index is 0.291. The molecule has 0 saturated heterocycles. The van der Waals surface area contributed by atoms with Crippen LogP contribution in [0.1, 0.15) is 22.4 Å². The molecule has 3 aromatic carbocycles. The zero-order valence-electron chi connectivity index (χ0n) is 17.9. The van der Waals surface area contributed by atoms with Gasteiger partial charge in [-0.3, -0.25) is 4.79 Å². The maximum Gasteiger partial charge on any atom is 0.268 e. The second-order valence-electron chi connectivity index (χ2n) is 8.16. The third-order valence-corrected chi connectivity index (χ3v) is 6.29. The number of aromatic amines is 1. The number of amides is 1. The summed E-state index contributed by atoms with van der Waals surface area (Å²) >= 11 is 6.29. The predicted molar refractivity (Wildman–Crippen MR) is 127 cm³/mol. The molecule has 162 valence electrons. The molecule has 0 saturated carbocycles. The largest absolute Gasteiger partial charge is 0.492 e. The lowest BCUT2D eigenvalue weighted by Gasteiger charge is -2.24. The standard InChI is InChI=1S/C26H23ClN2O3/c1-16-7-10-19(11-8-16)32-14-13-29-23-12-9-18(27)15-21(23)26(31,25(29)30)24-17(2)28-22-6-4-3-5-20(22)24/h3-12,15,28,31H,13-14H2,1-2H3. The molecule has 6 heteroatoms. The lowest BCUT2D eigenvalue weighted by Crippen LogP contribution is -2.43. The first-order valence-corrected chi connectivity index (χ1v) is 10.9. The van der Waals surface area contributed by atoms with Crippen LogP contribution in [0.25, 0.3) is 10.9 Å². The Labute approximate surface area is 191 Å². The van der Waals surface area contributed by atoms with Crippen LogP contribution in [0, 0.1) is 13.8 Å². The van der Waals surface area contributed by atoms with Gasteiger partial charge in [-0.25, -0.2) is 0 Å². The van der Waals surface area contributed by atoms with E-state index in [9.17, 15) is 9.90 Å². The molecule has 32 heavy (non-hydrogen) atoms. The molecular formula is C26H23ClN2O3. The Hall–Kier alpha value is -3.28. The smallest absolute Gasteiger partial charge is 0.268 e. The number of aryl methyl sites for hydroxylation is 2. The molecule has 0 fully saturated rings. The van der Waals surface area contributed by atoms with Crippen LogP contribution in [0.2, 0.25) is 5.02 Å². The first kappa shape index (κ1) is 20.6. The van der Waals surface area contributed by atoms with E-state index in [1.54, 1.807) is 23.1 Å². The summed E-state index contributed by atoms with van der Waals surface area (Å²) in [4.78, 5) is 18.6. The minimum atomic E-state index is -1.84. The Bertz CT molecular complexity index is 1330. The molecule has 0 radical (unpaired) electrons. The van der Waals surface area contributed by atoms with Gasteiger partial charge < -0.3 is 19.7 Å². The zero-order chi connectivity index (χ0) is 22.5. The average molecular weight is 447 g/mol. The highest BCUT2D eigenvalue weighted by molar-refractivity contribution is 6.31. The lowest BCUT2D eigenvalue weighted by atomic mass is 9.85. The van der Waals surface area contributed by atoms with Crippen LogP contribution in [0.5, 0.6) is 5.75 Å². The number of para-hydroxylation sites is 1. The molecule has 1 amide bonds. The van der Waals surface area contributed by atoms with Crippen molar-refractivity contribution in [1.29, 1.82) is 0 Å². The number of rotatable bonds is 5. The fourth-order valence-corrected chi connectivity index (χ4v) is 4.72. The summed E-state index contributed by atoms with van der Waals surface area (Å²) in [6.07, 6.45) is 0. The number of halogens is 1. The second-order valence-corrected chi connectivity index (χ2v) is 8.60. The number of anilines is 1. The Morgan fingerprint density at radius 1 is 1.06 bits per heavy atom. The van der Waals surface area contributed by atoms with Gasteiger partial charge in [-0.15, -0.1) is 0 Å². The van der Waals surface area contributed by atoms with Crippen LogP contribution in [-0.2, 0) is 10.4 Å². The minimum Gasteiger partial charge on any atom is -0.492 e. The summed E-state index contributed by atoms with van der Waals surface area (Å²) < 4.78 is 5.86. The third-order valence-electron chi connectivity index (χ3n) is 6.05. The molecule has 5 nitrogen and oxygen atoms in total. The first-order chi connectivity index (χ1) is 15.4. The number of carbonyl (C=O) groups is 1. The van der Waals surface area contributed by atoms with E-state index in [2.05, 4.69) is 4.98 Å². The molecule has 0 spiro atoms. The second kappa shape index (κ2) is 7.69. The third kappa shape index (κ3) is 3.17. The van der Waals surface area contributed by atoms with Crippen molar-refractivity contribution >= 4 is 34.1 Å². The number of benzene rings is 3. The van der Waals surface area contributed by atoms with E-state index in [0.29, 0.717) is 35.0 Å². The van der Waals surface area contributed by atoms with E-state index >= 15 is 0 Å². The fraction of sp³-hybridized carbons (Fsp3) is 0.192. The molecule has 1 unspecified atom stereocenters. The quantitative estimate of drug-likeness (QED) is 0.448. The summed E-state index contributed by atoms with van der Waals surface area (Å²) in [5.41, 5.74) is 2.60. The molecule has 5 rings (SSSR count). The predicted octanol–water partition coefficient (Wildman–Crippen LogP) is 5.10. The van der Waals surface area contributed by atoms with E-state index in [1.165, 1.54) is 0 Å². The zero-order valence-corrected chi connectivity index (χ0v) is 18.6. The first-order valence-electron chi connectivity index (χ1n) is 10.5. The Morgan fingerprint density at radius 3 is 2.59 bits per heavy atom. The van der Waals surface area contributed by atoms with Crippen molar-refractivity contribution in [3.63, 3.8) is 0 Å². The number of hydrogen-bond donors (Lipinski definition) is 2. The van der Waals surface area contributed by atoms with Gasteiger partial charge in [0.1, 0.15) is 12.4 Å². The van der Waals surface area contributed by atoms with Gasteiger partial charge in [0.05, 0.1) is 12.2 Å². The van der Waals surface area contributed by atoms with Crippen LogP contribution in [0.15, 0.2) is 66.7 Å². The van der Waals surface area contributed by atoms with Crippen LogP contribution in [0.4, 0.5) is 5.69 Å². The van der Waals surface area contributed by atoms with Crippen LogP contribution in [0.3, 0.4) is 0 Å². The number of ether oxygens (including phenoxy) is 1. The van der Waals surface area contributed by atoms with Gasteiger partial charge in [-0.1, -0.05) is 47.5 Å². The Balaban J connectivity index is 1.53. The van der Waals surface area contributed by atoms with Gasteiger partial charge in [0, 0.05) is 32.7 Å². The van der Waals surface area contributed by atoms with Crippen LogP contribution in [-0.4, -0.2) is 29.1 Å². The van der Waals surface area contributed by atoms with Crippen molar-refractivity contribution in [3.8, 4) is 5.75 Å². The molecule has 4 aromatic rings. The lowest BCUT2D eigenvalue weighted by molar-refractivity contribution is -0.132. The monoisotopic (exact) mass is 446 g/mol. The van der Waals surface area contributed by atoms with Crippen molar-refractivity contribution in [2.24, 2.45) is 0 Å². The van der Waals surface area contributed by atoms with E-state index in [4.69, 9.17) is 16.3 Å². The molecular weight excluding hydrogens is 424 g/mol. The summed E-state index contributed by atoms with van der Waals surface area (Å²) in [6, 6.07) is 20.6. The maximum absolute atomic E-state index is 13.7. The molecule has 2 heterocycles. The number of nitrogens with zero attached hydrogens (tertiary/aromatic N) is 1. The summed E-state index contributed by atoms with van der Waals surface area (Å²) in [6.45, 7) is 4.47. The number of carbonyl (C=O) groups excluding carboxylic acids is 1. The van der Waals surface area contributed by atoms with Gasteiger partial charge in [-0.05, 0) is 50.2 Å². The summed E-state index contributed by atoms with van der Waals surface area (Å²) in [7, 11) is 0. The fourth-order valence-electron chi connectivity index (χ4n) is 4.55. The highest BCUT2D eigenvalue weighted by Crippen LogP contribution is 2.48. The van der Waals surface area contributed by atoms with Crippen LogP contribution >= 0.6 is 11.6 Å². The molecule has 1 aliphatic rings. The SMILES string of the molecule is Cc1ccc(OCCN2C(=O)C(O)(c3c(C)[nH]c4ccccc34)c3cc(Cl)ccc32)cc1. The van der Waals surface area contributed by atoms with E-state index in [0.717, 1.165) is 27.9 Å². The average Bonchev–Trinajstić information content (AvgIpc) is 3.22. The number of fused-ring (bicyclic) bond motifs is 2. The maximum atomic E-state index is 13.7. The van der Waals surface area contributed by atoms with E-state index in [1.807, 2.05) is 62.4 Å². The topological polar surface area (TPSA) is 65.6 Å². The van der Waals surface area contributed by atoms with Gasteiger partial charge in [0.2, 0.25) is 0 Å². The highest BCUT2D eigenvalue weighted by atomic mass is 35.5. The van der Waals surface area contributed by atoms with E-state index in [-0.39, 0.29) is 0 Å². The van der Waals surface area contributed by atoms with Crippen molar-refractivity contribution in [2.45, 2.75) is 19.4 Å². The Morgan fingerprint density at radius 2 is 1.81 bits per heavy atom. The molecule has 2 N–H and O–H groups in total. The van der Waals surface area contributed by atoms with E-state index < -0.39 is 11.5 Å².